The number of aromatic nitrogens is 2. The van der Waals surface area contributed by atoms with Gasteiger partial charge in [-0.2, -0.15) is 0 Å². The van der Waals surface area contributed by atoms with Crippen LogP contribution >= 0.6 is 23.1 Å². The minimum Gasteiger partial charge on any atom is -0.496 e. The van der Waals surface area contributed by atoms with Crippen molar-refractivity contribution in [3.8, 4) is 5.75 Å². The topological polar surface area (TPSA) is 127 Å². The summed E-state index contributed by atoms with van der Waals surface area (Å²) < 4.78 is 4.99. The number of carbonyl (C=O) groups excluding carboxylic acids is 1. The van der Waals surface area contributed by atoms with E-state index in [9.17, 15) is 19.7 Å². The van der Waals surface area contributed by atoms with Gasteiger partial charge in [0.1, 0.15) is 16.3 Å². The number of ether oxygens (including phenoxy) is 1. The normalized spacial score (nSPS) is 15.5. The van der Waals surface area contributed by atoms with Crippen molar-refractivity contribution in [2.45, 2.75) is 31.3 Å². The third-order valence-corrected chi connectivity index (χ3v) is 7.18. The molecule has 0 bridgehead atoms. The molecule has 4 rings (SSSR count). The van der Waals surface area contributed by atoms with Crippen LogP contribution in [0.15, 0.2) is 28.2 Å². The van der Waals surface area contributed by atoms with Crippen molar-refractivity contribution in [2.75, 3.05) is 18.2 Å². The van der Waals surface area contributed by atoms with Gasteiger partial charge in [-0.05, 0) is 42.9 Å². The fraction of sp³-hybridized carbons (Fsp3) is 0.350. The van der Waals surface area contributed by atoms with E-state index < -0.39 is 10.8 Å². The van der Waals surface area contributed by atoms with E-state index in [4.69, 9.17) is 4.74 Å². The maximum Gasteiger partial charge on any atom is 0.296 e. The van der Waals surface area contributed by atoms with Crippen molar-refractivity contribution in [2.24, 2.45) is 5.92 Å². The third kappa shape index (κ3) is 4.42. The van der Waals surface area contributed by atoms with Crippen LogP contribution in [0.25, 0.3) is 10.2 Å². The van der Waals surface area contributed by atoms with E-state index >= 15 is 0 Å². The molecule has 162 valence electrons. The Balaban J connectivity index is 1.49. The minimum absolute atomic E-state index is 0.0558. The lowest BCUT2D eigenvalue weighted by atomic mass is 9.89. The van der Waals surface area contributed by atoms with E-state index in [2.05, 4.69) is 22.2 Å². The van der Waals surface area contributed by atoms with Crippen LogP contribution in [0.4, 0.5) is 11.4 Å². The molecule has 1 atom stereocenters. The maximum absolute atomic E-state index is 12.6. The Morgan fingerprint density at radius 2 is 2.29 bits per heavy atom. The predicted octanol–water partition coefficient (Wildman–Crippen LogP) is 3.76. The first kappa shape index (κ1) is 21.3. The van der Waals surface area contributed by atoms with Gasteiger partial charge in [0, 0.05) is 4.88 Å². The lowest BCUT2D eigenvalue weighted by molar-refractivity contribution is -0.384. The summed E-state index contributed by atoms with van der Waals surface area (Å²) in [5.74, 6) is 0.418. The number of thiophene rings is 1. The van der Waals surface area contributed by atoms with Crippen molar-refractivity contribution in [3.63, 3.8) is 0 Å². The molecule has 1 aromatic carbocycles. The van der Waals surface area contributed by atoms with Gasteiger partial charge in [0.05, 0.1) is 29.2 Å². The SMILES string of the molecule is COc1ccc(NC(=O)CSc2nc3sc4c(c3c(=O)[nH]2)CCC(C)C4)c([N+](=O)[O-])c1. The summed E-state index contributed by atoms with van der Waals surface area (Å²) in [7, 11) is 1.41. The van der Waals surface area contributed by atoms with Gasteiger partial charge in [-0.1, -0.05) is 18.7 Å². The largest absolute Gasteiger partial charge is 0.496 e. The average Bonchev–Trinajstić information content (AvgIpc) is 3.10. The molecule has 0 saturated heterocycles. The van der Waals surface area contributed by atoms with E-state index in [0.717, 1.165) is 36.6 Å². The molecule has 0 fully saturated rings. The Morgan fingerprint density at radius 3 is 3.03 bits per heavy atom. The third-order valence-electron chi connectivity index (χ3n) is 5.16. The number of nitro benzene ring substituents is 1. The molecule has 2 aromatic heterocycles. The molecule has 31 heavy (non-hydrogen) atoms. The molecule has 0 radical (unpaired) electrons. The molecule has 1 aliphatic carbocycles. The first-order valence-corrected chi connectivity index (χ1v) is 11.5. The van der Waals surface area contributed by atoms with Gasteiger partial charge in [-0.3, -0.25) is 19.7 Å². The predicted molar refractivity (Wildman–Crippen MR) is 120 cm³/mol. The molecule has 9 nitrogen and oxygen atoms in total. The van der Waals surface area contributed by atoms with Gasteiger partial charge < -0.3 is 15.0 Å². The summed E-state index contributed by atoms with van der Waals surface area (Å²) in [5, 5.41) is 14.8. The Bertz CT molecular complexity index is 1240. The van der Waals surface area contributed by atoms with Crippen molar-refractivity contribution < 1.29 is 14.5 Å². The second kappa shape index (κ2) is 8.67. The Morgan fingerprint density at radius 1 is 1.48 bits per heavy atom. The first-order valence-electron chi connectivity index (χ1n) is 9.65. The zero-order valence-corrected chi connectivity index (χ0v) is 18.5. The quantitative estimate of drug-likeness (QED) is 0.248. The number of hydrogen-bond acceptors (Lipinski definition) is 8. The molecule has 1 unspecified atom stereocenters. The standard InChI is InChI=1S/C20H20N4O5S2/c1-10-3-5-12-15(7-10)31-19-17(12)18(26)22-20(23-19)30-9-16(25)21-13-6-4-11(29-2)8-14(13)24(27)28/h4,6,8,10H,3,5,7,9H2,1-2H3,(H,21,25)(H,22,23,26). The molecule has 2 N–H and O–H groups in total. The van der Waals surface area contributed by atoms with E-state index in [1.807, 2.05) is 0 Å². The second-order valence-electron chi connectivity index (χ2n) is 7.38. The number of nitrogens with one attached hydrogen (secondary N) is 2. The number of aromatic amines is 1. The smallest absolute Gasteiger partial charge is 0.296 e. The van der Waals surface area contributed by atoms with Gasteiger partial charge in [0.2, 0.25) is 5.91 Å². The number of aryl methyl sites for hydroxylation is 1. The van der Waals surface area contributed by atoms with E-state index in [-0.39, 0.29) is 22.7 Å². The minimum atomic E-state index is -0.586. The molecular formula is C20H20N4O5S2. The molecule has 0 aliphatic heterocycles. The number of anilines is 1. The lowest BCUT2D eigenvalue weighted by Crippen LogP contribution is -2.16. The first-order chi connectivity index (χ1) is 14.9. The number of fused-ring (bicyclic) bond motifs is 3. The van der Waals surface area contributed by atoms with E-state index in [0.29, 0.717) is 27.0 Å². The average molecular weight is 461 g/mol. The zero-order valence-electron chi connectivity index (χ0n) is 16.9. The molecule has 1 aliphatic rings. The van der Waals surface area contributed by atoms with Crippen LogP contribution in [0.2, 0.25) is 0 Å². The molecule has 11 heteroatoms. The number of thioether (sulfide) groups is 1. The molecular weight excluding hydrogens is 440 g/mol. The monoisotopic (exact) mass is 460 g/mol. The van der Waals surface area contributed by atoms with Crippen LogP contribution in [0.3, 0.4) is 0 Å². The zero-order chi connectivity index (χ0) is 22.1. The van der Waals surface area contributed by atoms with Gasteiger partial charge in [-0.25, -0.2) is 4.98 Å². The summed E-state index contributed by atoms with van der Waals surface area (Å²) in [4.78, 5) is 44.9. The number of nitrogens with zero attached hydrogens (tertiary/aromatic N) is 2. The van der Waals surface area contributed by atoms with Crippen LogP contribution in [0.5, 0.6) is 5.75 Å². The van der Waals surface area contributed by atoms with Gasteiger partial charge in [0.15, 0.2) is 5.16 Å². The Kier molecular flexibility index (Phi) is 5.96. The molecule has 0 spiro atoms. The summed E-state index contributed by atoms with van der Waals surface area (Å²) in [6.45, 7) is 2.21. The highest BCUT2D eigenvalue weighted by Gasteiger charge is 2.23. The van der Waals surface area contributed by atoms with Crippen LogP contribution in [-0.4, -0.2) is 33.7 Å². The van der Waals surface area contributed by atoms with E-state index in [1.54, 1.807) is 11.3 Å². The summed E-state index contributed by atoms with van der Waals surface area (Å²) in [6, 6.07) is 4.19. The van der Waals surface area contributed by atoms with Gasteiger partial charge in [0.25, 0.3) is 11.2 Å². The van der Waals surface area contributed by atoms with Crippen molar-refractivity contribution in [1.29, 1.82) is 0 Å². The van der Waals surface area contributed by atoms with Crippen LogP contribution in [0.1, 0.15) is 23.8 Å². The van der Waals surface area contributed by atoms with Crippen LogP contribution in [0, 0.1) is 16.0 Å². The van der Waals surface area contributed by atoms with Crippen LogP contribution in [-0.2, 0) is 17.6 Å². The molecule has 1 amide bonds. The summed E-state index contributed by atoms with van der Waals surface area (Å²) >= 11 is 2.62. The number of benzene rings is 1. The number of carbonyl (C=O) groups is 1. The number of hydrogen-bond donors (Lipinski definition) is 2. The highest BCUT2D eigenvalue weighted by Crippen LogP contribution is 2.36. The number of methoxy groups -OCH3 is 1. The maximum atomic E-state index is 12.6. The Hall–Kier alpha value is -2.92. The second-order valence-corrected chi connectivity index (χ2v) is 9.43. The number of H-pyrrole nitrogens is 1. The molecule has 2 heterocycles. The van der Waals surface area contributed by atoms with Crippen molar-refractivity contribution in [3.05, 3.63) is 49.1 Å². The molecule has 3 aromatic rings. The highest BCUT2D eigenvalue weighted by atomic mass is 32.2. The Labute approximate surface area is 185 Å². The summed E-state index contributed by atoms with van der Waals surface area (Å²) in [5.41, 5.74) is 0.733. The number of amides is 1. The van der Waals surface area contributed by atoms with Gasteiger partial charge >= 0.3 is 0 Å². The van der Waals surface area contributed by atoms with E-state index in [1.165, 1.54) is 30.2 Å². The number of nitro groups is 1. The van der Waals surface area contributed by atoms with Gasteiger partial charge in [-0.15, -0.1) is 11.3 Å². The number of rotatable bonds is 6. The highest BCUT2D eigenvalue weighted by molar-refractivity contribution is 7.99. The lowest BCUT2D eigenvalue weighted by Gasteiger charge is -2.17. The fourth-order valence-electron chi connectivity index (χ4n) is 3.61. The molecule has 0 saturated carbocycles. The van der Waals surface area contributed by atoms with Crippen molar-refractivity contribution in [1.82, 2.24) is 9.97 Å². The summed E-state index contributed by atoms with van der Waals surface area (Å²) in [6.07, 6.45) is 2.91. The fourth-order valence-corrected chi connectivity index (χ4v) is 5.71. The van der Waals surface area contributed by atoms with Crippen LogP contribution < -0.4 is 15.6 Å². The van der Waals surface area contributed by atoms with Crippen molar-refractivity contribution >= 4 is 50.6 Å².